The van der Waals surface area contributed by atoms with Crippen molar-refractivity contribution in [3.8, 4) is 17.0 Å². The van der Waals surface area contributed by atoms with E-state index in [-0.39, 0.29) is 23.8 Å². The molecule has 3 aromatic carbocycles. The number of para-hydroxylation sites is 1. The smallest absolute Gasteiger partial charge is 0.262 e. The molecule has 1 aromatic heterocycles. The number of amides is 1. The lowest BCUT2D eigenvalue weighted by atomic mass is 10.1. The second kappa shape index (κ2) is 8.99. The number of halogens is 3. The molecule has 1 amide bonds. The number of carbonyl (C=O) groups is 1. The number of thiazole rings is 1. The van der Waals surface area contributed by atoms with Crippen molar-refractivity contribution in [2.24, 2.45) is 10.1 Å². The lowest BCUT2D eigenvalue weighted by molar-refractivity contribution is -0.118. The molecule has 0 unspecified atom stereocenters. The van der Waals surface area contributed by atoms with Gasteiger partial charge in [0.15, 0.2) is 6.61 Å². The molecule has 0 saturated carbocycles. The van der Waals surface area contributed by atoms with Crippen molar-refractivity contribution in [1.82, 2.24) is 4.68 Å². The fourth-order valence-corrected chi connectivity index (χ4v) is 4.15. The van der Waals surface area contributed by atoms with E-state index in [2.05, 4.69) is 15.4 Å². The van der Waals surface area contributed by atoms with Gasteiger partial charge in [-0.3, -0.25) is 4.79 Å². The molecule has 1 aliphatic rings. The van der Waals surface area contributed by atoms with Gasteiger partial charge < -0.3 is 10.1 Å². The highest BCUT2D eigenvalue weighted by Gasteiger charge is 2.18. The number of aromatic nitrogens is 1. The Bertz CT molecular complexity index is 1510. The molecule has 1 aliphatic heterocycles. The number of rotatable bonds is 4. The molecule has 2 heterocycles. The molecule has 0 fully saturated rings. The van der Waals surface area contributed by atoms with Crippen molar-refractivity contribution in [2.75, 3.05) is 11.9 Å². The van der Waals surface area contributed by atoms with E-state index >= 15 is 0 Å². The highest BCUT2D eigenvalue weighted by atomic mass is 32.1. The summed E-state index contributed by atoms with van der Waals surface area (Å²) in [4.78, 5) is 16.4. The first kappa shape index (κ1) is 21.7. The Morgan fingerprint density at radius 2 is 1.88 bits per heavy atom. The summed E-state index contributed by atoms with van der Waals surface area (Å²) in [5, 5.41) is 8.86. The van der Waals surface area contributed by atoms with Crippen molar-refractivity contribution in [2.45, 2.75) is 0 Å². The third-order valence-electron chi connectivity index (χ3n) is 4.94. The van der Waals surface area contributed by atoms with E-state index < -0.39 is 17.5 Å². The zero-order valence-electron chi connectivity index (χ0n) is 17.3. The van der Waals surface area contributed by atoms with Crippen LogP contribution in [-0.4, -0.2) is 23.4 Å². The zero-order valence-corrected chi connectivity index (χ0v) is 18.2. The standard InChI is InChI=1S/C24H15F3N4O2S/c25-16-7-5-15(18(27)10-16)11-28-31-21(13-34-24(31)30-19-4-2-1-3-17(19)26)14-6-8-22-20(9-14)29-23(32)12-33-22/h1-11,13H,12H2,(H,29,32). The molecule has 34 heavy (non-hydrogen) atoms. The average molecular weight is 480 g/mol. The summed E-state index contributed by atoms with van der Waals surface area (Å²) < 4.78 is 48.5. The van der Waals surface area contributed by atoms with Gasteiger partial charge in [-0.05, 0) is 42.5 Å². The predicted octanol–water partition coefficient (Wildman–Crippen LogP) is 5.08. The maximum Gasteiger partial charge on any atom is 0.262 e. The SMILES string of the molecule is O=C1COc2ccc(-c3csc(=Nc4ccccc4F)n3N=Cc3ccc(F)cc3F)cc2N1. The van der Waals surface area contributed by atoms with E-state index in [1.54, 1.807) is 35.7 Å². The van der Waals surface area contributed by atoms with E-state index in [4.69, 9.17) is 4.74 Å². The summed E-state index contributed by atoms with van der Waals surface area (Å²) in [6, 6.07) is 14.4. The fourth-order valence-electron chi connectivity index (χ4n) is 3.30. The lowest BCUT2D eigenvalue weighted by Gasteiger charge is -2.18. The summed E-state index contributed by atoms with van der Waals surface area (Å²) in [5.74, 6) is -1.73. The highest BCUT2D eigenvalue weighted by molar-refractivity contribution is 7.07. The largest absolute Gasteiger partial charge is 0.482 e. The molecule has 4 aromatic rings. The number of nitrogens with zero attached hydrogens (tertiary/aromatic N) is 3. The van der Waals surface area contributed by atoms with Crippen LogP contribution in [0.15, 0.2) is 76.1 Å². The van der Waals surface area contributed by atoms with E-state index in [9.17, 15) is 18.0 Å². The van der Waals surface area contributed by atoms with Crippen LogP contribution in [0.1, 0.15) is 5.56 Å². The minimum absolute atomic E-state index is 0.0639. The van der Waals surface area contributed by atoms with Crippen molar-refractivity contribution < 1.29 is 22.7 Å². The third kappa shape index (κ3) is 4.35. The van der Waals surface area contributed by atoms with Crippen LogP contribution in [0.2, 0.25) is 0 Å². The Labute approximate surface area is 195 Å². The van der Waals surface area contributed by atoms with Gasteiger partial charge in [0.05, 0.1) is 17.6 Å². The van der Waals surface area contributed by atoms with Crippen LogP contribution in [-0.2, 0) is 4.79 Å². The summed E-state index contributed by atoms with van der Waals surface area (Å²) in [6.45, 7) is -0.0655. The number of nitrogens with one attached hydrogen (secondary N) is 1. The molecule has 0 spiro atoms. The normalized spacial score (nSPS) is 13.6. The van der Waals surface area contributed by atoms with Crippen LogP contribution in [0.3, 0.4) is 0 Å². The van der Waals surface area contributed by atoms with E-state index in [0.717, 1.165) is 12.1 Å². The average Bonchev–Trinajstić information content (AvgIpc) is 3.22. The van der Waals surface area contributed by atoms with Crippen LogP contribution in [0.25, 0.3) is 11.3 Å². The van der Waals surface area contributed by atoms with Crippen LogP contribution in [0.4, 0.5) is 24.5 Å². The Morgan fingerprint density at radius 3 is 2.71 bits per heavy atom. The molecule has 0 saturated heterocycles. The Morgan fingerprint density at radius 1 is 1.03 bits per heavy atom. The first-order valence-electron chi connectivity index (χ1n) is 10.0. The molecule has 0 radical (unpaired) electrons. The van der Waals surface area contributed by atoms with Gasteiger partial charge in [0.2, 0.25) is 4.80 Å². The molecule has 0 aliphatic carbocycles. The minimum Gasteiger partial charge on any atom is -0.482 e. The molecule has 10 heteroatoms. The van der Waals surface area contributed by atoms with Crippen molar-refractivity contribution in [3.05, 3.63) is 93.9 Å². The van der Waals surface area contributed by atoms with Gasteiger partial charge in [-0.15, -0.1) is 11.3 Å². The molecule has 5 rings (SSSR count). The summed E-state index contributed by atoms with van der Waals surface area (Å²) >= 11 is 1.20. The van der Waals surface area contributed by atoms with Gasteiger partial charge in [-0.2, -0.15) is 5.10 Å². The number of benzene rings is 3. The Balaban J connectivity index is 1.65. The molecule has 6 nitrogen and oxygen atoms in total. The number of carbonyl (C=O) groups excluding carboxylic acids is 1. The minimum atomic E-state index is -0.776. The number of hydrogen-bond acceptors (Lipinski definition) is 5. The third-order valence-corrected chi connectivity index (χ3v) is 5.75. The number of fused-ring (bicyclic) bond motifs is 1. The number of hydrogen-bond donors (Lipinski definition) is 1. The molecular formula is C24H15F3N4O2S. The topological polar surface area (TPSA) is 68.0 Å². The van der Waals surface area contributed by atoms with Crippen molar-refractivity contribution >= 4 is 34.8 Å². The van der Waals surface area contributed by atoms with Gasteiger partial charge in [-0.1, -0.05) is 12.1 Å². The summed E-state index contributed by atoms with van der Waals surface area (Å²) in [7, 11) is 0. The summed E-state index contributed by atoms with van der Waals surface area (Å²) in [6.07, 6.45) is 1.23. The van der Waals surface area contributed by atoms with Crippen LogP contribution < -0.4 is 14.9 Å². The van der Waals surface area contributed by atoms with Crippen LogP contribution >= 0.6 is 11.3 Å². The van der Waals surface area contributed by atoms with Crippen molar-refractivity contribution in [1.29, 1.82) is 0 Å². The first-order chi connectivity index (χ1) is 16.5. The van der Waals surface area contributed by atoms with Gasteiger partial charge in [0, 0.05) is 22.6 Å². The van der Waals surface area contributed by atoms with Gasteiger partial charge in [-0.25, -0.2) is 22.8 Å². The number of anilines is 1. The van der Waals surface area contributed by atoms with Crippen LogP contribution in [0, 0.1) is 17.5 Å². The van der Waals surface area contributed by atoms with E-state index in [1.165, 1.54) is 40.4 Å². The maximum atomic E-state index is 14.2. The molecule has 170 valence electrons. The first-order valence-corrected chi connectivity index (χ1v) is 10.9. The maximum absolute atomic E-state index is 14.2. The zero-order chi connectivity index (χ0) is 23.7. The monoisotopic (exact) mass is 480 g/mol. The van der Waals surface area contributed by atoms with Gasteiger partial charge in [0.1, 0.15) is 28.9 Å². The van der Waals surface area contributed by atoms with Crippen molar-refractivity contribution in [3.63, 3.8) is 0 Å². The lowest BCUT2D eigenvalue weighted by Crippen LogP contribution is -2.25. The Kier molecular flexibility index (Phi) is 5.72. The Hall–Kier alpha value is -4.18. The molecule has 1 N–H and O–H groups in total. The predicted molar refractivity (Wildman–Crippen MR) is 123 cm³/mol. The number of ether oxygens (including phenoxy) is 1. The second-order valence-corrected chi connectivity index (χ2v) is 8.07. The second-order valence-electron chi connectivity index (χ2n) is 7.24. The van der Waals surface area contributed by atoms with E-state index in [1.807, 2.05) is 0 Å². The highest BCUT2D eigenvalue weighted by Crippen LogP contribution is 2.33. The van der Waals surface area contributed by atoms with Gasteiger partial charge >= 0.3 is 0 Å². The fraction of sp³-hybridized carbons (Fsp3) is 0.0417. The molecular weight excluding hydrogens is 465 g/mol. The van der Waals surface area contributed by atoms with E-state index in [0.29, 0.717) is 27.5 Å². The molecule has 0 bridgehead atoms. The quantitative estimate of drug-likeness (QED) is 0.414. The molecule has 0 atom stereocenters. The summed E-state index contributed by atoms with van der Waals surface area (Å²) in [5.41, 5.74) is 1.88. The van der Waals surface area contributed by atoms with Gasteiger partial charge in [0.25, 0.3) is 5.91 Å². The van der Waals surface area contributed by atoms with Crippen LogP contribution in [0.5, 0.6) is 5.75 Å².